The van der Waals surface area contributed by atoms with Gasteiger partial charge in [-0.3, -0.25) is 14.5 Å². The van der Waals surface area contributed by atoms with E-state index in [2.05, 4.69) is 0 Å². The molecule has 6 nitrogen and oxygen atoms in total. The minimum Gasteiger partial charge on any atom is -0.477 e. The minimum absolute atomic E-state index is 0.226. The van der Waals surface area contributed by atoms with Crippen molar-refractivity contribution >= 4 is 29.5 Å². The number of amides is 2. The van der Waals surface area contributed by atoms with Gasteiger partial charge in [-0.15, -0.1) is 11.8 Å². The van der Waals surface area contributed by atoms with E-state index in [1.807, 2.05) is 0 Å². The SMILES string of the molecule is CC1=C(C(=O)O)N2C(=O)[C@@H](NC(=O)C(F)(F)F)[C@H]2SC1. The number of hydrogen-bond acceptors (Lipinski definition) is 4. The number of carbonyl (C=O) groups is 3. The van der Waals surface area contributed by atoms with E-state index < -0.39 is 35.4 Å². The Hall–Kier alpha value is -1.71. The van der Waals surface area contributed by atoms with Crippen molar-refractivity contribution in [2.24, 2.45) is 0 Å². The summed E-state index contributed by atoms with van der Waals surface area (Å²) in [6, 6.07) is -1.35. The molecule has 2 N–H and O–H groups in total. The largest absolute Gasteiger partial charge is 0.477 e. The first-order valence-electron chi connectivity index (χ1n) is 5.40. The highest BCUT2D eigenvalue weighted by molar-refractivity contribution is 8.00. The highest BCUT2D eigenvalue weighted by atomic mass is 32.2. The quantitative estimate of drug-likeness (QED) is 0.717. The Bertz CT molecular complexity index is 531. The van der Waals surface area contributed by atoms with Gasteiger partial charge in [-0.25, -0.2) is 4.79 Å². The number of nitrogens with one attached hydrogen (secondary N) is 1. The Kier molecular flexibility index (Phi) is 3.44. The van der Waals surface area contributed by atoms with Gasteiger partial charge < -0.3 is 10.4 Å². The van der Waals surface area contributed by atoms with Gasteiger partial charge in [0.1, 0.15) is 17.1 Å². The first kappa shape index (κ1) is 14.7. The first-order chi connectivity index (χ1) is 9.14. The molecule has 0 aromatic rings. The smallest absolute Gasteiger partial charge is 0.471 e. The fourth-order valence-electron chi connectivity index (χ4n) is 2.00. The maximum Gasteiger partial charge on any atom is 0.471 e. The molecule has 0 aliphatic carbocycles. The number of hydrogen-bond donors (Lipinski definition) is 2. The fourth-order valence-corrected chi connectivity index (χ4v) is 3.29. The topological polar surface area (TPSA) is 86.7 Å². The van der Waals surface area contributed by atoms with Gasteiger partial charge in [0.25, 0.3) is 5.91 Å². The number of nitrogens with zero attached hydrogens (tertiary/aromatic N) is 1. The lowest BCUT2D eigenvalue weighted by molar-refractivity contribution is -0.177. The molecule has 2 heterocycles. The minimum atomic E-state index is -5.08. The van der Waals surface area contributed by atoms with Gasteiger partial charge in [0.2, 0.25) is 0 Å². The van der Waals surface area contributed by atoms with Gasteiger partial charge in [-0.1, -0.05) is 0 Å². The van der Waals surface area contributed by atoms with Crippen LogP contribution < -0.4 is 5.32 Å². The summed E-state index contributed by atoms with van der Waals surface area (Å²) in [5.41, 5.74) is 0.226. The summed E-state index contributed by atoms with van der Waals surface area (Å²) in [4.78, 5) is 34.5. The lowest BCUT2D eigenvalue weighted by Gasteiger charge is -2.49. The number of carboxylic acids is 1. The summed E-state index contributed by atoms with van der Waals surface area (Å²) in [6.45, 7) is 1.53. The van der Waals surface area contributed by atoms with Gasteiger partial charge in [0.05, 0.1) is 0 Å². The molecule has 2 atom stereocenters. The highest BCUT2D eigenvalue weighted by Gasteiger charge is 2.55. The molecule has 2 amide bonds. The van der Waals surface area contributed by atoms with E-state index in [0.29, 0.717) is 5.57 Å². The molecule has 2 aliphatic heterocycles. The van der Waals surface area contributed by atoms with E-state index in [1.165, 1.54) is 6.92 Å². The number of rotatable bonds is 2. The number of halogens is 3. The molecule has 0 saturated carbocycles. The number of alkyl halides is 3. The Balaban J connectivity index is 2.16. The van der Waals surface area contributed by atoms with E-state index >= 15 is 0 Å². The van der Waals surface area contributed by atoms with Crippen LogP contribution in [-0.4, -0.2) is 51.1 Å². The van der Waals surface area contributed by atoms with Crippen molar-refractivity contribution < 1.29 is 32.7 Å². The predicted molar refractivity (Wildman–Crippen MR) is 61.4 cm³/mol. The first-order valence-corrected chi connectivity index (χ1v) is 6.45. The fraction of sp³-hybridized carbons (Fsp3) is 0.500. The maximum atomic E-state index is 12.1. The molecule has 0 radical (unpaired) electrons. The van der Waals surface area contributed by atoms with Crippen LogP contribution in [0.15, 0.2) is 11.3 Å². The van der Waals surface area contributed by atoms with Crippen LogP contribution in [0.3, 0.4) is 0 Å². The second-order valence-corrected chi connectivity index (χ2v) is 5.40. The molecule has 0 aromatic carbocycles. The van der Waals surface area contributed by atoms with Crippen molar-refractivity contribution in [3.05, 3.63) is 11.3 Å². The van der Waals surface area contributed by atoms with Crippen molar-refractivity contribution in [2.45, 2.75) is 24.5 Å². The third-order valence-corrected chi connectivity index (χ3v) is 4.33. The molecule has 2 rings (SSSR count). The Morgan fingerprint density at radius 3 is 2.55 bits per heavy atom. The zero-order chi connectivity index (χ0) is 15.2. The summed E-state index contributed by atoms with van der Waals surface area (Å²) in [5, 5.41) is 9.79. The third-order valence-electron chi connectivity index (χ3n) is 2.91. The van der Waals surface area contributed by atoms with E-state index in [0.717, 1.165) is 16.7 Å². The summed E-state index contributed by atoms with van der Waals surface area (Å²) in [7, 11) is 0. The summed E-state index contributed by atoms with van der Waals surface area (Å²) in [5.74, 6) is -4.10. The van der Waals surface area contributed by atoms with Gasteiger partial charge in [-0.05, 0) is 12.5 Å². The number of carbonyl (C=O) groups excluding carboxylic acids is 2. The van der Waals surface area contributed by atoms with Crippen LogP contribution in [0.2, 0.25) is 0 Å². The van der Waals surface area contributed by atoms with E-state index in [9.17, 15) is 27.6 Å². The van der Waals surface area contributed by atoms with Crippen molar-refractivity contribution in [2.75, 3.05) is 5.75 Å². The van der Waals surface area contributed by atoms with Crippen molar-refractivity contribution in [3.63, 3.8) is 0 Å². The average Bonchev–Trinajstić information content (AvgIpc) is 2.33. The second-order valence-electron chi connectivity index (χ2n) is 4.29. The molecule has 1 fully saturated rings. The van der Waals surface area contributed by atoms with Crippen LogP contribution >= 0.6 is 11.8 Å². The Morgan fingerprint density at radius 1 is 1.45 bits per heavy atom. The molecule has 1 saturated heterocycles. The van der Waals surface area contributed by atoms with Crippen LogP contribution in [0.1, 0.15) is 6.92 Å². The monoisotopic (exact) mass is 310 g/mol. The van der Waals surface area contributed by atoms with Crippen molar-refractivity contribution in [1.82, 2.24) is 10.2 Å². The molecule has 0 aromatic heterocycles. The second kappa shape index (κ2) is 4.69. The molecule has 20 heavy (non-hydrogen) atoms. The van der Waals surface area contributed by atoms with Gasteiger partial charge in [0, 0.05) is 5.75 Å². The standard InChI is InChI=1S/C10H9F3N2O4S/c1-3-2-20-7-4(14-9(19)10(11,12)13)6(16)15(7)5(3)8(17)18/h4,7H,2H2,1H3,(H,14,19)(H,17,18)/t4-,7-/m1/s1. The maximum absolute atomic E-state index is 12.1. The molecule has 0 bridgehead atoms. The van der Waals surface area contributed by atoms with Crippen LogP contribution in [0.25, 0.3) is 0 Å². The summed E-state index contributed by atoms with van der Waals surface area (Å²) < 4.78 is 36.4. The zero-order valence-electron chi connectivity index (χ0n) is 10.0. The molecule has 0 unspecified atom stereocenters. The van der Waals surface area contributed by atoms with Crippen molar-refractivity contribution in [3.8, 4) is 0 Å². The highest BCUT2D eigenvalue weighted by Crippen LogP contribution is 2.40. The van der Waals surface area contributed by atoms with Crippen LogP contribution in [0.5, 0.6) is 0 Å². The molecular weight excluding hydrogens is 301 g/mol. The van der Waals surface area contributed by atoms with E-state index in [-0.39, 0.29) is 11.4 Å². The normalized spacial score (nSPS) is 26.0. The van der Waals surface area contributed by atoms with E-state index in [4.69, 9.17) is 5.11 Å². The van der Waals surface area contributed by atoms with Gasteiger partial charge in [0.15, 0.2) is 0 Å². The van der Waals surface area contributed by atoms with Gasteiger partial charge in [-0.2, -0.15) is 13.2 Å². The Morgan fingerprint density at radius 2 is 2.05 bits per heavy atom. The third kappa shape index (κ3) is 2.23. The van der Waals surface area contributed by atoms with Crippen molar-refractivity contribution in [1.29, 1.82) is 0 Å². The Labute approximate surface area is 115 Å². The molecule has 0 spiro atoms. The number of aliphatic carboxylic acids is 1. The predicted octanol–water partition coefficient (Wildman–Crippen LogP) is 0.307. The number of β-lactam (4-membered cyclic amide) rings is 1. The van der Waals surface area contributed by atoms with Crippen LogP contribution in [0.4, 0.5) is 13.2 Å². The number of fused-ring (bicyclic) bond motifs is 1. The molecule has 2 aliphatic rings. The lowest BCUT2D eigenvalue weighted by atomic mass is 10.0. The lowest BCUT2D eigenvalue weighted by Crippen LogP contribution is -2.71. The van der Waals surface area contributed by atoms with E-state index in [1.54, 1.807) is 5.32 Å². The molecular formula is C10H9F3N2O4S. The van der Waals surface area contributed by atoms with Crippen LogP contribution in [0, 0.1) is 0 Å². The number of carboxylic acid groups (broad SMARTS) is 1. The molecule has 110 valence electrons. The van der Waals surface area contributed by atoms with Crippen LogP contribution in [-0.2, 0) is 14.4 Å². The summed E-state index contributed by atoms with van der Waals surface area (Å²) in [6.07, 6.45) is -5.08. The summed E-state index contributed by atoms with van der Waals surface area (Å²) >= 11 is 1.11. The number of thioether (sulfide) groups is 1. The average molecular weight is 310 g/mol. The molecule has 10 heteroatoms. The van der Waals surface area contributed by atoms with Gasteiger partial charge >= 0.3 is 18.1 Å². The zero-order valence-corrected chi connectivity index (χ0v) is 10.8.